The predicted molar refractivity (Wildman–Crippen MR) is 142 cm³/mol. The minimum atomic E-state index is -2.33. The van der Waals surface area contributed by atoms with Gasteiger partial charge in [0.15, 0.2) is 23.2 Å². The molecule has 0 amide bonds. The standard InChI is InChI=1S/C26H36O17S/c1-11(27)35-9-19-18(37-13(3)29)8-26(34,25(43-19)41-17(7)33)44-24-23(40-16(6)32)22(39-15(5)31)21(38-14(4)30)20(42-24)10-36-12(2)28/h18-25,34H,8-10H2,1-7H3/t18-,19+,20+,21+,22-,23+,24-,25?,26-/m0/s1. The molecule has 2 saturated heterocycles. The van der Waals surface area contributed by atoms with Gasteiger partial charge in [-0.1, -0.05) is 11.8 Å². The molecule has 2 aliphatic rings. The fourth-order valence-corrected chi connectivity index (χ4v) is 5.82. The number of ether oxygens (including phenoxy) is 9. The second-order valence-electron chi connectivity index (χ2n) is 9.80. The Labute approximate surface area is 256 Å². The molecule has 2 rings (SSSR count). The highest BCUT2D eigenvalue weighted by atomic mass is 32.2. The van der Waals surface area contributed by atoms with Crippen LogP contribution in [-0.2, 0) is 76.2 Å². The summed E-state index contributed by atoms with van der Waals surface area (Å²) >= 11 is 0.474. The summed E-state index contributed by atoms with van der Waals surface area (Å²) in [5.74, 6) is -5.70. The molecular weight excluding hydrogens is 616 g/mol. The van der Waals surface area contributed by atoms with E-state index in [-0.39, 0.29) is 0 Å². The summed E-state index contributed by atoms with van der Waals surface area (Å²) in [6, 6.07) is 0. The lowest BCUT2D eigenvalue weighted by atomic mass is 9.99. The molecule has 0 radical (unpaired) electrons. The van der Waals surface area contributed by atoms with Crippen molar-refractivity contribution in [3.63, 3.8) is 0 Å². The van der Waals surface area contributed by atoms with Crippen LogP contribution in [0.25, 0.3) is 0 Å². The van der Waals surface area contributed by atoms with E-state index in [1.807, 2.05) is 0 Å². The minimum absolute atomic E-state index is 0.440. The quantitative estimate of drug-likeness (QED) is 0.171. The first kappa shape index (κ1) is 36.7. The molecule has 1 N–H and O–H groups in total. The molecule has 18 heteroatoms. The molecule has 248 valence electrons. The third-order valence-electron chi connectivity index (χ3n) is 5.88. The normalized spacial score (nSPS) is 31.5. The van der Waals surface area contributed by atoms with Crippen LogP contribution < -0.4 is 0 Å². The van der Waals surface area contributed by atoms with E-state index in [1.165, 1.54) is 0 Å². The van der Waals surface area contributed by atoms with E-state index < -0.39 is 115 Å². The number of esters is 7. The van der Waals surface area contributed by atoms with Gasteiger partial charge in [-0.3, -0.25) is 33.6 Å². The first-order valence-electron chi connectivity index (χ1n) is 13.3. The van der Waals surface area contributed by atoms with Gasteiger partial charge in [0, 0.05) is 54.9 Å². The summed E-state index contributed by atoms with van der Waals surface area (Å²) in [4.78, 5) is 80.9. The average Bonchev–Trinajstić information content (AvgIpc) is 2.85. The molecule has 2 aliphatic heterocycles. The van der Waals surface area contributed by atoms with Crippen molar-refractivity contribution in [3.8, 4) is 0 Å². The van der Waals surface area contributed by atoms with Gasteiger partial charge in [-0.2, -0.15) is 0 Å². The number of carbonyl (C=O) groups excluding carboxylic acids is 7. The molecule has 0 saturated carbocycles. The van der Waals surface area contributed by atoms with Crippen molar-refractivity contribution in [3.05, 3.63) is 0 Å². The van der Waals surface area contributed by atoms with Gasteiger partial charge in [0.25, 0.3) is 0 Å². The second kappa shape index (κ2) is 16.0. The molecule has 0 aromatic heterocycles. The zero-order valence-electron chi connectivity index (χ0n) is 25.1. The van der Waals surface area contributed by atoms with Crippen molar-refractivity contribution in [2.45, 2.75) is 108 Å². The maximum Gasteiger partial charge on any atom is 0.305 e. The third-order valence-corrected chi connectivity index (χ3v) is 7.26. The van der Waals surface area contributed by atoms with Gasteiger partial charge < -0.3 is 47.7 Å². The third kappa shape index (κ3) is 10.9. The van der Waals surface area contributed by atoms with Crippen LogP contribution in [0.15, 0.2) is 0 Å². The SMILES string of the molecule is CC(=O)OC[C@H]1O[C@@H](S[C@@]2(O)C[C@H](OC(C)=O)[C@@H](COC(C)=O)OC2OC(C)=O)[C@H](OC(C)=O)[C@@H](OC(C)=O)[C@@H]1OC(C)=O. The van der Waals surface area contributed by atoms with Crippen LogP contribution in [0.4, 0.5) is 0 Å². The maximum absolute atomic E-state index is 12.2. The van der Waals surface area contributed by atoms with Crippen molar-refractivity contribution >= 4 is 53.5 Å². The molecule has 9 atom stereocenters. The van der Waals surface area contributed by atoms with Crippen molar-refractivity contribution in [1.29, 1.82) is 0 Å². The van der Waals surface area contributed by atoms with Crippen LogP contribution in [0, 0.1) is 0 Å². The van der Waals surface area contributed by atoms with Gasteiger partial charge in [-0.15, -0.1) is 0 Å². The summed E-state index contributed by atoms with van der Waals surface area (Å²) < 4.78 is 48.5. The second-order valence-corrected chi connectivity index (χ2v) is 11.2. The van der Waals surface area contributed by atoms with Crippen LogP contribution in [0.2, 0.25) is 0 Å². The van der Waals surface area contributed by atoms with Gasteiger partial charge in [-0.25, -0.2) is 0 Å². The van der Waals surface area contributed by atoms with Crippen LogP contribution >= 0.6 is 11.8 Å². The monoisotopic (exact) mass is 652 g/mol. The van der Waals surface area contributed by atoms with Gasteiger partial charge in [-0.05, 0) is 0 Å². The molecule has 2 fully saturated rings. The van der Waals surface area contributed by atoms with E-state index in [2.05, 4.69) is 0 Å². The molecule has 0 spiro atoms. The Kier molecular flexibility index (Phi) is 13.4. The lowest BCUT2D eigenvalue weighted by Gasteiger charge is -2.49. The fraction of sp³-hybridized carbons (Fsp3) is 0.731. The molecule has 0 aromatic rings. The Morgan fingerprint density at radius 2 is 1.07 bits per heavy atom. The van der Waals surface area contributed by atoms with Crippen molar-refractivity contribution in [2.75, 3.05) is 13.2 Å². The first-order chi connectivity index (χ1) is 20.4. The van der Waals surface area contributed by atoms with E-state index in [0.717, 1.165) is 48.5 Å². The largest absolute Gasteiger partial charge is 0.463 e. The van der Waals surface area contributed by atoms with Gasteiger partial charge in [0.1, 0.15) is 37.0 Å². The molecule has 0 aromatic carbocycles. The first-order valence-corrected chi connectivity index (χ1v) is 14.1. The molecule has 0 bridgehead atoms. The molecular formula is C26H36O17S. The van der Waals surface area contributed by atoms with Crippen LogP contribution in [0.1, 0.15) is 54.9 Å². The summed E-state index contributed by atoms with van der Waals surface area (Å²) in [6.07, 6.45) is -10.7. The van der Waals surface area contributed by atoms with Gasteiger partial charge in [0.2, 0.25) is 6.29 Å². The lowest BCUT2D eigenvalue weighted by Crippen LogP contribution is -2.64. The predicted octanol–water partition coefficient (Wildman–Crippen LogP) is -0.336. The van der Waals surface area contributed by atoms with E-state index in [4.69, 9.17) is 42.6 Å². The zero-order chi connectivity index (χ0) is 33.4. The Balaban J connectivity index is 2.60. The minimum Gasteiger partial charge on any atom is -0.463 e. The maximum atomic E-state index is 12.2. The average molecular weight is 653 g/mol. The Hall–Kier alpha value is -3.48. The Bertz CT molecular complexity index is 1110. The van der Waals surface area contributed by atoms with E-state index in [1.54, 1.807) is 0 Å². The zero-order valence-corrected chi connectivity index (χ0v) is 25.9. The van der Waals surface area contributed by atoms with Crippen molar-refractivity contribution in [1.82, 2.24) is 0 Å². The number of hydrogen-bond acceptors (Lipinski definition) is 18. The summed E-state index contributed by atoms with van der Waals surface area (Å²) in [7, 11) is 0. The van der Waals surface area contributed by atoms with Gasteiger partial charge in [0.05, 0.1) is 0 Å². The van der Waals surface area contributed by atoms with Crippen molar-refractivity contribution in [2.24, 2.45) is 0 Å². The smallest absolute Gasteiger partial charge is 0.305 e. The topological polar surface area (TPSA) is 223 Å². The van der Waals surface area contributed by atoms with Crippen LogP contribution in [-0.4, -0.2) is 113 Å². The molecule has 44 heavy (non-hydrogen) atoms. The Morgan fingerprint density at radius 3 is 1.55 bits per heavy atom. The number of hydrogen-bond donors (Lipinski definition) is 1. The van der Waals surface area contributed by atoms with Crippen LogP contribution in [0.3, 0.4) is 0 Å². The number of rotatable bonds is 11. The lowest BCUT2D eigenvalue weighted by molar-refractivity contribution is -0.277. The van der Waals surface area contributed by atoms with Crippen LogP contribution in [0.5, 0.6) is 0 Å². The van der Waals surface area contributed by atoms with E-state index >= 15 is 0 Å². The highest BCUT2D eigenvalue weighted by Crippen LogP contribution is 2.46. The van der Waals surface area contributed by atoms with Gasteiger partial charge >= 0.3 is 41.8 Å². The number of thioether (sulfide) groups is 1. The molecule has 17 nitrogen and oxygen atoms in total. The number of aliphatic hydroxyl groups is 1. The fourth-order valence-electron chi connectivity index (χ4n) is 4.40. The summed E-state index contributed by atoms with van der Waals surface area (Å²) in [5, 5.41) is 11.9. The van der Waals surface area contributed by atoms with E-state index in [9.17, 15) is 38.7 Å². The van der Waals surface area contributed by atoms with Crippen molar-refractivity contribution < 1.29 is 81.3 Å². The van der Waals surface area contributed by atoms with E-state index in [0.29, 0.717) is 11.8 Å². The number of carbonyl (C=O) groups is 7. The summed E-state index contributed by atoms with van der Waals surface area (Å²) in [5.41, 5.74) is -1.51. The summed E-state index contributed by atoms with van der Waals surface area (Å²) in [6.45, 7) is 6.52. The molecule has 2 heterocycles. The Morgan fingerprint density at radius 1 is 0.614 bits per heavy atom. The molecule has 0 aliphatic carbocycles. The molecule has 1 unspecified atom stereocenters. The highest BCUT2D eigenvalue weighted by Gasteiger charge is 2.59. The highest BCUT2D eigenvalue weighted by molar-refractivity contribution is 8.01.